The second-order valence-corrected chi connectivity index (χ2v) is 4.51. The quantitative estimate of drug-likeness (QED) is 0.638. The van der Waals surface area contributed by atoms with E-state index in [1.807, 2.05) is 36.4 Å². The van der Waals surface area contributed by atoms with E-state index in [1.165, 1.54) is 5.56 Å². The number of benzene rings is 2. The van der Waals surface area contributed by atoms with Crippen LogP contribution in [0.5, 0.6) is 0 Å². The Balaban J connectivity index is 2.07. The van der Waals surface area contributed by atoms with Crippen molar-refractivity contribution in [3.8, 4) is 6.07 Å². The highest BCUT2D eigenvalue weighted by Gasteiger charge is 2.09. The molecule has 0 atom stereocenters. The Morgan fingerprint density at radius 3 is 2.58 bits per heavy atom. The molecule has 3 aromatic rings. The van der Waals surface area contributed by atoms with E-state index < -0.39 is 0 Å². The van der Waals surface area contributed by atoms with Crippen molar-refractivity contribution in [2.45, 2.75) is 6.54 Å². The van der Waals surface area contributed by atoms with Crippen molar-refractivity contribution in [3.63, 3.8) is 0 Å². The first-order chi connectivity index (χ1) is 9.36. The topological polar surface area (TPSA) is 27.7 Å². The highest BCUT2D eigenvalue weighted by molar-refractivity contribution is 5.77. The van der Waals surface area contributed by atoms with Crippen molar-refractivity contribution >= 4 is 10.9 Å². The molecule has 2 heteroatoms. The maximum atomic E-state index is 8.94. The number of pyridine rings is 1. The van der Waals surface area contributed by atoms with E-state index >= 15 is 0 Å². The van der Waals surface area contributed by atoms with Crippen molar-refractivity contribution in [1.82, 2.24) is 0 Å². The molecule has 0 bridgehead atoms. The second kappa shape index (κ2) is 4.91. The van der Waals surface area contributed by atoms with Crippen LogP contribution in [0.1, 0.15) is 11.1 Å². The minimum atomic E-state index is 0.699. The molecule has 3 rings (SSSR count). The number of hydrogen-bond acceptors (Lipinski definition) is 1. The third kappa shape index (κ3) is 2.31. The van der Waals surface area contributed by atoms with Gasteiger partial charge in [0.15, 0.2) is 12.7 Å². The molecule has 2 nitrogen and oxygen atoms in total. The van der Waals surface area contributed by atoms with Crippen molar-refractivity contribution in [2.75, 3.05) is 0 Å². The minimum absolute atomic E-state index is 0.699. The molecule has 0 N–H and O–H groups in total. The van der Waals surface area contributed by atoms with Gasteiger partial charge < -0.3 is 0 Å². The maximum Gasteiger partial charge on any atom is 0.212 e. The van der Waals surface area contributed by atoms with Gasteiger partial charge in [-0.1, -0.05) is 30.3 Å². The Hall–Kier alpha value is -2.66. The zero-order chi connectivity index (χ0) is 13.1. The van der Waals surface area contributed by atoms with Crippen LogP contribution in [0.25, 0.3) is 10.9 Å². The van der Waals surface area contributed by atoms with Gasteiger partial charge in [-0.25, -0.2) is 0 Å². The summed E-state index contributed by atoms with van der Waals surface area (Å²) in [6, 6.07) is 22.4. The number of rotatable bonds is 2. The Morgan fingerprint density at radius 1 is 0.947 bits per heavy atom. The van der Waals surface area contributed by atoms with Gasteiger partial charge in [-0.2, -0.15) is 9.83 Å². The van der Waals surface area contributed by atoms with E-state index in [9.17, 15) is 0 Å². The Kier molecular flexibility index (Phi) is 2.96. The van der Waals surface area contributed by atoms with Gasteiger partial charge in [0.25, 0.3) is 0 Å². The SMILES string of the molecule is N#Cc1ccc2c(ccc[n+]2Cc2ccccc2)c1. The molecule has 1 heterocycles. The first-order valence-corrected chi connectivity index (χ1v) is 6.23. The van der Waals surface area contributed by atoms with Gasteiger partial charge in [0.05, 0.1) is 11.6 Å². The third-order valence-electron chi connectivity index (χ3n) is 3.20. The first-order valence-electron chi connectivity index (χ1n) is 6.23. The summed E-state index contributed by atoms with van der Waals surface area (Å²) in [5.74, 6) is 0. The average Bonchev–Trinajstić information content (AvgIpc) is 2.48. The predicted octanol–water partition coefficient (Wildman–Crippen LogP) is 3.05. The van der Waals surface area contributed by atoms with Crippen LogP contribution in [-0.2, 0) is 6.54 Å². The summed E-state index contributed by atoms with van der Waals surface area (Å²) in [5, 5.41) is 10.0. The molecule has 1 aromatic heterocycles. The van der Waals surface area contributed by atoms with Gasteiger partial charge in [0, 0.05) is 23.1 Å². The molecule has 0 amide bonds. The zero-order valence-electron chi connectivity index (χ0n) is 10.5. The normalized spacial score (nSPS) is 10.3. The smallest absolute Gasteiger partial charge is 0.194 e. The molecule has 19 heavy (non-hydrogen) atoms. The standard InChI is InChI=1S/C17H13N2/c18-12-15-8-9-17-16(11-15)7-4-10-19(17)13-14-5-2-1-3-6-14/h1-11H,13H2/q+1. The van der Waals surface area contributed by atoms with Gasteiger partial charge >= 0.3 is 0 Å². The molecule has 0 aliphatic heterocycles. The zero-order valence-corrected chi connectivity index (χ0v) is 10.5. The first kappa shape index (κ1) is 11.4. The number of aromatic nitrogens is 1. The van der Waals surface area contributed by atoms with Crippen LogP contribution >= 0.6 is 0 Å². The molecule has 0 saturated carbocycles. The van der Waals surface area contributed by atoms with Crippen molar-refractivity contribution in [1.29, 1.82) is 5.26 Å². The molecule has 0 unspecified atom stereocenters. The molecular weight excluding hydrogens is 232 g/mol. The lowest BCUT2D eigenvalue weighted by Gasteiger charge is -2.02. The Morgan fingerprint density at radius 2 is 1.79 bits per heavy atom. The summed E-state index contributed by atoms with van der Waals surface area (Å²) in [6.45, 7) is 0.837. The molecule has 0 saturated heterocycles. The van der Waals surface area contributed by atoms with Gasteiger partial charge in [-0.05, 0) is 18.2 Å². The summed E-state index contributed by atoms with van der Waals surface area (Å²) in [4.78, 5) is 0. The molecular formula is C17H13N2+. The highest BCUT2D eigenvalue weighted by atomic mass is 14.9. The fourth-order valence-corrected chi connectivity index (χ4v) is 2.27. The second-order valence-electron chi connectivity index (χ2n) is 4.51. The number of nitriles is 1. The molecule has 0 fully saturated rings. The lowest BCUT2D eigenvalue weighted by atomic mass is 10.1. The van der Waals surface area contributed by atoms with Gasteiger partial charge in [-0.3, -0.25) is 0 Å². The van der Waals surface area contributed by atoms with E-state index in [0.717, 1.165) is 17.4 Å². The van der Waals surface area contributed by atoms with E-state index in [1.54, 1.807) is 0 Å². The number of hydrogen-bond donors (Lipinski definition) is 0. The van der Waals surface area contributed by atoms with E-state index in [4.69, 9.17) is 5.26 Å². The third-order valence-corrected chi connectivity index (χ3v) is 3.20. The van der Waals surface area contributed by atoms with Crippen LogP contribution in [-0.4, -0.2) is 0 Å². The monoisotopic (exact) mass is 245 g/mol. The van der Waals surface area contributed by atoms with E-state index in [2.05, 4.69) is 41.1 Å². The lowest BCUT2D eigenvalue weighted by molar-refractivity contribution is -0.662. The van der Waals surface area contributed by atoms with E-state index in [0.29, 0.717) is 5.56 Å². The van der Waals surface area contributed by atoms with Crippen molar-refractivity contribution in [2.24, 2.45) is 0 Å². The van der Waals surface area contributed by atoms with Gasteiger partial charge in [0.1, 0.15) is 0 Å². The van der Waals surface area contributed by atoms with Crippen LogP contribution in [0.15, 0.2) is 66.9 Å². The summed E-state index contributed by atoms with van der Waals surface area (Å²) in [6.07, 6.45) is 2.07. The Labute approximate surface area is 112 Å². The van der Waals surface area contributed by atoms with Gasteiger partial charge in [-0.15, -0.1) is 0 Å². The van der Waals surface area contributed by atoms with Crippen LogP contribution < -0.4 is 4.57 Å². The van der Waals surface area contributed by atoms with Crippen LogP contribution in [0.3, 0.4) is 0 Å². The highest BCUT2D eigenvalue weighted by Crippen LogP contribution is 2.12. The van der Waals surface area contributed by atoms with E-state index in [-0.39, 0.29) is 0 Å². The molecule has 2 aromatic carbocycles. The molecule has 0 aliphatic rings. The predicted molar refractivity (Wildman–Crippen MR) is 74.4 cm³/mol. The van der Waals surface area contributed by atoms with Gasteiger partial charge in [0.2, 0.25) is 5.52 Å². The fourth-order valence-electron chi connectivity index (χ4n) is 2.27. The summed E-state index contributed by atoms with van der Waals surface area (Å²) >= 11 is 0. The Bertz CT molecular complexity index is 755. The van der Waals surface area contributed by atoms with Crippen LogP contribution in [0.2, 0.25) is 0 Å². The lowest BCUT2D eigenvalue weighted by Crippen LogP contribution is -2.34. The largest absolute Gasteiger partial charge is 0.212 e. The van der Waals surface area contributed by atoms with Crippen molar-refractivity contribution in [3.05, 3.63) is 78.0 Å². The molecule has 0 aliphatic carbocycles. The number of nitrogens with zero attached hydrogens (tertiary/aromatic N) is 2. The fraction of sp³-hybridized carbons (Fsp3) is 0.0588. The minimum Gasteiger partial charge on any atom is -0.194 e. The summed E-state index contributed by atoms with van der Waals surface area (Å²) in [5.41, 5.74) is 3.11. The summed E-state index contributed by atoms with van der Waals surface area (Å²) in [7, 11) is 0. The molecule has 0 radical (unpaired) electrons. The van der Waals surface area contributed by atoms with Crippen LogP contribution in [0.4, 0.5) is 0 Å². The van der Waals surface area contributed by atoms with Crippen molar-refractivity contribution < 1.29 is 4.57 Å². The summed E-state index contributed by atoms with van der Waals surface area (Å²) < 4.78 is 2.20. The van der Waals surface area contributed by atoms with Crippen LogP contribution in [0, 0.1) is 11.3 Å². The maximum absolute atomic E-state index is 8.94. The molecule has 90 valence electrons. The number of fused-ring (bicyclic) bond motifs is 1. The average molecular weight is 245 g/mol. The molecule has 0 spiro atoms.